The summed E-state index contributed by atoms with van der Waals surface area (Å²) >= 11 is 5.88. The van der Waals surface area contributed by atoms with Crippen LogP contribution in [0, 0.1) is 10.1 Å². The second-order valence-electron chi connectivity index (χ2n) is 6.21. The molecule has 0 bridgehead atoms. The lowest BCUT2D eigenvalue weighted by Crippen LogP contribution is -2.08. The molecule has 0 unspecified atom stereocenters. The van der Waals surface area contributed by atoms with Crippen LogP contribution in [0.5, 0.6) is 11.5 Å². The van der Waals surface area contributed by atoms with Crippen LogP contribution >= 0.6 is 18.7 Å². The van der Waals surface area contributed by atoms with Crippen LogP contribution in [0.2, 0.25) is 5.02 Å². The predicted molar refractivity (Wildman–Crippen MR) is 107 cm³/mol. The summed E-state index contributed by atoms with van der Waals surface area (Å²) in [5.74, 6) is 0.0924. The van der Waals surface area contributed by atoms with Gasteiger partial charge in [0.15, 0.2) is 0 Å². The van der Waals surface area contributed by atoms with E-state index in [4.69, 9.17) is 16.3 Å². The minimum atomic E-state index is -4.54. The largest absolute Gasteiger partial charge is 0.456 e. The minimum absolute atomic E-state index is 0.0349. The topological polar surface area (TPSA) is 81.5 Å². The smallest absolute Gasteiger partial charge is 0.416 e. The van der Waals surface area contributed by atoms with Crippen LogP contribution in [0.25, 0.3) is 0 Å². The van der Waals surface area contributed by atoms with Crippen molar-refractivity contribution in [3.8, 4) is 11.5 Å². The molecule has 29 heavy (non-hydrogen) atoms. The van der Waals surface area contributed by atoms with Crippen molar-refractivity contribution in [2.24, 2.45) is 0 Å². The molecule has 158 valence electrons. The summed E-state index contributed by atoms with van der Waals surface area (Å²) in [5.41, 5.74) is -1.07. The van der Waals surface area contributed by atoms with E-state index in [0.29, 0.717) is 12.3 Å². The number of hydrogen-bond donors (Lipinski definition) is 1. The molecule has 0 aliphatic carbocycles. The zero-order chi connectivity index (χ0) is 21.8. The van der Waals surface area contributed by atoms with Gasteiger partial charge in [-0.2, -0.15) is 13.2 Å². The molecule has 0 radical (unpaired) electrons. The van der Waals surface area contributed by atoms with Gasteiger partial charge < -0.3 is 14.6 Å². The summed E-state index contributed by atoms with van der Waals surface area (Å²) in [6, 6.07) is 6.45. The maximum atomic E-state index is 12.7. The van der Waals surface area contributed by atoms with Gasteiger partial charge in [-0.3, -0.25) is 10.1 Å². The van der Waals surface area contributed by atoms with E-state index in [0.717, 1.165) is 18.2 Å². The fourth-order valence-corrected chi connectivity index (χ4v) is 4.01. The molecule has 1 N–H and O–H groups in total. The molecule has 0 aliphatic rings. The third kappa shape index (κ3) is 5.87. The third-order valence-electron chi connectivity index (χ3n) is 4.36. The summed E-state index contributed by atoms with van der Waals surface area (Å²) in [4.78, 5) is 10.7. The number of nitro groups is 1. The molecule has 0 spiro atoms. The monoisotopic (exact) mass is 450 g/mol. The van der Waals surface area contributed by atoms with Crippen LogP contribution in [-0.4, -0.2) is 23.5 Å². The fraction of sp³-hybridized carbons (Fsp3) is 0.333. The van der Waals surface area contributed by atoms with E-state index in [-0.39, 0.29) is 34.2 Å². The molecule has 0 fully saturated rings. The van der Waals surface area contributed by atoms with Crippen molar-refractivity contribution >= 4 is 30.1 Å². The number of alkyl halides is 3. The highest BCUT2D eigenvalue weighted by Crippen LogP contribution is 2.45. The van der Waals surface area contributed by atoms with E-state index in [1.54, 1.807) is 13.8 Å². The van der Waals surface area contributed by atoms with Crippen LogP contribution in [0.4, 0.5) is 24.5 Å². The first-order valence-corrected chi connectivity index (χ1v) is 11.3. The maximum Gasteiger partial charge on any atom is 0.416 e. The van der Waals surface area contributed by atoms with E-state index in [2.05, 4.69) is 5.32 Å². The summed E-state index contributed by atoms with van der Waals surface area (Å²) in [6.45, 7) is 3.57. The number of halogens is 4. The minimum Gasteiger partial charge on any atom is -0.456 e. The zero-order valence-electron chi connectivity index (χ0n) is 15.6. The van der Waals surface area contributed by atoms with Gasteiger partial charge >= 0.3 is 6.18 Å². The van der Waals surface area contributed by atoms with Gasteiger partial charge in [-0.1, -0.05) is 25.4 Å². The van der Waals surface area contributed by atoms with Crippen LogP contribution < -0.4 is 10.1 Å². The Morgan fingerprint density at radius 1 is 1.17 bits per heavy atom. The van der Waals surface area contributed by atoms with E-state index >= 15 is 0 Å². The lowest BCUT2D eigenvalue weighted by Gasteiger charge is -2.16. The summed E-state index contributed by atoms with van der Waals surface area (Å²) < 4.78 is 56.3. The molecule has 0 saturated carbocycles. The number of nitro benzene ring substituents is 1. The molecule has 0 amide bonds. The lowest BCUT2D eigenvalue weighted by atomic mass is 10.2. The first kappa shape index (κ1) is 23.0. The lowest BCUT2D eigenvalue weighted by molar-refractivity contribution is -0.384. The molecule has 11 heteroatoms. The van der Waals surface area contributed by atoms with Gasteiger partial charge in [0.1, 0.15) is 24.3 Å². The van der Waals surface area contributed by atoms with Crippen LogP contribution in [0.15, 0.2) is 36.4 Å². The van der Waals surface area contributed by atoms with Gasteiger partial charge in [-0.05, 0) is 36.6 Å². The summed E-state index contributed by atoms with van der Waals surface area (Å²) in [5, 5.41) is 13.9. The number of anilines is 1. The first-order valence-electron chi connectivity index (χ1n) is 8.63. The standard InChI is InChI=1S/C18H19ClF3N2O4P/c1-3-29(27,4-2)11-23-15-10-13(6-7-16(15)24(25)26)28-17-8-5-12(9-14(17)19)18(20,21)22/h5-10,23H,3-4,11H2,1-2H3. The van der Waals surface area contributed by atoms with E-state index in [1.807, 2.05) is 0 Å². The Morgan fingerprint density at radius 3 is 2.34 bits per heavy atom. The zero-order valence-corrected chi connectivity index (χ0v) is 17.3. The van der Waals surface area contributed by atoms with Crippen LogP contribution in [0.1, 0.15) is 19.4 Å². The summed E-state index contributed by atoms with van der Waals surface area (Å²) in [6.07, 6.45) is -3.58. The van der Waals surface area contributed by atoms with Gasteiger partial charge in [-0.15, -0.1) is 0 Å². The Balaban J connectivity index is 2.31. The quantitative estimate of drug-likeness (QED) is 0.271. The number of hydrogen-bond acceptors (Lipinski definition) is 5. The highest BCUT2D eigenvalue weighted by Gasteiger charge is 2.31. The Morgan fingerprint density at radius 2 is 1.83 bits per heavy atom. The van der Waals surface area contributed by atoms with Gasteiger partial charge in [0, 0.05) is 12.1 Å². The molecule has 0 aromatic heterocycles. The number of rotatable bonds is 8. The van der Waals surface area contributed by atoms with Crippen LogP contribution in [-0.2, 0) is 10.7 Å². The molecular formula is C18H19ClF3N2O4P. The van der Waals surface area contributed by atoms with Crippen molar-refractivity contribution < 1.29 is 27.4 Å². The van der Waals surface area contributed by atoms with Crippen LogP contribution in [0.3, 0.4) is 0 Å². The fourth-order valence-electron chi connectivity index (χ4n) is 2.44. The normalized spacial score (nSPS) is 11.9. The van der Waals surface area contributed by atoms with E-state index < -0.39 is 23.8 Å². The van der Waals surface area contributed by atoms with E-state index in [9.17, 15) is 27.9 Å². The molecule has 2 rings (SSSR count). The predicted octanol–water partition coefficient (Wildman–Crippen LogP) is 6.83. The van der Waals surface area contributed by atoms with Gasteiger partial charge in [0.2, 0.25) is 0 Å². The Bertz CT molecular complexity index is 945. The molecule has 0 atom stereocenters. The summed E-state index contributed by atoms with van der Waals surface area (Å²) in [7, 11) is -2.51. The third-order valence-corrected chi connectivity index (χ3v) is 7.70. The van der Waals surface area contributed by atoms with Crippen molar-refractivity contribution in [2.45, 2.75) is 20.0 Å². The SMILES string of the molecule is CCP(=O)(CC)CNc1cc(Oc2ccc(C(F)(F)F)cc2Cl)ccc1[N+](=O)[O-]. The number of ether oxygens (including phenoxy) is 1. The molecule has 6 nitrogen and oxygen atoms in total. The molecule has 2 aromatic carbocycles. The van der Waals surface area contributed by atoms with Crippen molar-refractivity contribution in [3.63, 3.8) is 0 Å². The Kier molecular flexibility index (Phi) is 7.19. The first-order chi connectivity index (χ1) is 13.5. The second kappa shape index (κ2) is 9.05. The average Bonchev–Trinajstić information content (AvgIpc) is 2.66. The van der Waals surface area contributed by atoms with Crippen molar-refractivity contribution in [2.75, 3.05) is 23.9 Å². The van der Waals surface area contributed by atoms with Crippen molar-refractivity contribution in [1.82, 2.24) is 0 Å². The Labute approximate surface area is 170 Å². The molecular weight excluding hydrogens is 432 g/mol. The maximum absolute atomic E-state index is 12.7. The van der Waals surface area contributed by atoms with Gasteiger partial charge in [-0.25, -0.2) is 0 Å². The van der Waals surface area contributed by atoms with Crippen molar-refractivity contribution in [3.05, 3.63) is 57.1 Å². The van der Waals surface area contributed by atoms with Gasteiger partial charge in [0.05, 0.1) is 21.8 Å². The molecule has 0 heterocycles. The molecule has 2 aromatic rings. The Hall–Kier alpha value is -2.25. The highest BCUT2D eigenvalue weighted by molar-refractivity contribution is 7.63. The number of benzene rings is 2. The van der Waals surface area contributed by atoms with Gasteiger partial charge in [0.25, 0.3) is 5.69 Å². The number of nitrogens with zero attached hydrogens (tertiary/aromatic N) is 1. The second-order valence-corrected chi connectivity index (χ2v) is 10.3. The highest BCUT2D eigenvalue weighted by atomic mass is 35.5. The molecule has 0 saturated heterocycles. The number of nitrogens with one attached hydrogen (secondary N) is 1. The average molecular weight is 451 g/mol. The van der Waals surface area contributed by atoms with E-state index in [1.165, 1.54) is 18.2 Å². The molecule has 0 aliphatic heterocycles. The van der Waals surface area contributed by atoms with Crippen molar-refractivity contribution in [1.29, 1.82) is 0 Å².